The first-order valence-corrected chi connectivity index (χ1v) is 6.83. The van der Waals surface area contributed by atoms with Gasteiger partial charge in [-0.05, 0) is 19.3 Å². The second kappa shape index (κ2) is 5.03. The summed E-state index contributed by atoms with van der Waals surface area (Å²) in [6.45, 7) is -2.09. The normalized spacial score (nSPS) is 24.3. The molecule has 0 spiro atoms. The quantitative estimate of drug-likeness (QED) is 0.692. The minimum absolute atomic E-state index is 0.184. The second-order valence-corrected chi connectivity index (χ2v) is 5.96. The summed E-state index contributed by atoms with van der Waals surface area (Å²) in [5.41, 5.74) is -5.36. The van der Waals surface area contributed by atoms with Crippen LogP contribution in [0.15, 0.2) is 0 Å². The zero-order chi connectivity index (χ0) is 16.8. The Labute approximate surface area is 122 Å². The predicted molar refractivity (Wildman–Crippen MR) is 62.3 cm³/mol. The number of likely N-dealkylation sites (tertiary alicyclic amines) is 1. The first-order chi connectivity index (χ1) is 9.99. The molecule has 0 radical (unpaired) electrons. The summed E-state index contributed by atoms with van der Waals surface area (Å²) in [6.07, 6.45) is -10.7. The monoisotopic (exact) mass is 328 g/mol. The van der Waals surface area contributed by atoms with Crippen LogP contribution in [0.25, 0.3) is 0 Å². The highest BCUT2D eigenvalue weighted by molar-refractivity contribution is 5.86. The van der Waals surface area contributed by atoms with Crippen LogP contribution < -0.4 is 0 Å². The van der Waals surface area contributed by atoms with E-state index < -0.39 is 48.6 Å². The number of nitrogens with zero attached hydrogens (tertiary/aromatic N) is 2. The molecule has 0 aromatic heterocycles. The molecule has 0 unspecified atom stereocenters. The number of carbonyl (C=O) groups excluding carboxylic acids is 1. The molecule has 1 heterocycles. The summed E-state index contributed by atoms with van der Waals surface area (Å²) in [5, 5.41) is 9.16. The number of nitriles is 1. The Balaban J connectivity index is 2.28. The lowest BCUT2D eigenvalue weighted by Crippen LogP contribution is -2.53. The van der Waals surface area contributed by atoms with E-state index in [0.717, 1.165) is 0 Å². The zero-order valence-electron chi connectivity index (χ0n) is 11.5. The molecule has 22 heavy (non-hydrogen) atoms. The van der Waals surface area contributed by atoms with Crippen LogP contribution in [0.3, 0.4) is 0 Å². The van der Waals surface area contributed by atoms with Crippen molar-refractivity contribution in [1.29, 1.82) is 5.26 Å². The van der Waals surface area contributed by atoms with E-state index in [1.807, 2.05) is 0 Å². The zero-order valence-corrected chi connectivity index (χ0v) is 11.5. The van der Waals surface area contributed by atoms with Gasteiger partial charge in [0, 0.05) is 13.1 Å². The minimum atomic E-state index is -5.49. The molecular weight excluding hydrogens is 314 g/mol. The maximum Gasteiger partial charge on any atom is 0.404 e. The lowest BCUT2D eigenvalue weighted by Gasteiger charge is -2.34. The SMILES string of the molecule is N#CC1(C(=O)N2CCC(C(F)(F)F)(C(F)(F)F)C2)CCCC1. The highest BCUT2D eigenvalue weighted by Crippen LogP contribution is 2.56. The van der Waals surface area contributed by atoms with E-state index in [9.17, 15) is 31.1 Å². The van der Waals surface area contributed by atoms with Gasteiger partial charge in [-0.3, -0.25) is 4.79 Å². The van der Waals surface area contributed by atoms with Gasteiger partial charge in [0.15, 0.2) is 5.41 Å². The van der Waals surface area contributed by atoms with Crippen molar-refractivity contribution in [3.8, 4) is 6.07 Å². The van der Waals surface area contributed by atoms with Crippen LogP contribution in [0.4, 0.5) is 26.3 Å². The van der Waals surface area contributed by atoms with Crippen LogP contribution in [-0.4, -0.2) is 36.2 Å². The fourth-order valence-corrected chi connectivity index (χ4v) is 3.26. The fraction of sp³-hybridized carbons (Fsp3) is 0.846. The van der Waals surface area contributed by atoms with Crippen molar-refractivity contribution in [3.63, 3.8) is 0 Å². The van der Waals surface area contributed by atoms with E-state index >= 15 is 0 Å². The number of halogens is 6. The van der Waals surface area contributed by atoms with E-state index in [-0.39, 0.29) is 12.8 Å². The van der Waals surface area contributed by atoms with Gasteiger partial charge in [0.05, 0.1) is 6.07 Å². The molecule has 9 heteroatoms. The Morgan fingerprint density at radius 3 is 1.86 bits per heavy atom. The van der Waals surface area contributed by atoms with Gasteiger partial charge in [-0.25, -0.2) is 0 Å². The van der Waals surface area contributed by atoms with E-state index in [1.54, 1.807) is 6.07 Å². The van der Waals surface area contributed by atoms with Crippen LogP contribution >= 0.6 is 0 Å². The summed E-state index contributed by atoms with van der Waals surface area (Å²) in [6, 6.07) is 1.81. The molecule has 3 nitrogen and oxygen atoms in total. The lowest BCUT2D eigenvalue weighted by molar-refractivity contribution is -0.335. The van der Waals surface area contributed by atoms with Crippen molar-refractivity contribution < 1.29 is 31.1 Å². The lowest BCUT2D eigenvalue weighted by atomic mass is 9.84. The van der Waals surface area contributed by atoms with Crippen LogP contribution in [0, 0.1) is 22.2 Å². The van der Waals surface area contributed by atoms with Gasteiger partial charge >= 0.3 is 12.4 Å². The molecule has 1 amide bonds. The number of rotatable bonds is 1. The van der Waals surface area contributed by atoms with Gasteiger partial charge in [-0.2, -0.15) is 31.6 Å². The van der Waals surface area contributed by atoms with E-state index in [0.29, 0.717) is 17.7 Å². The topological polar surface area (TPSA) is 44.1 Å². The van der Waals surface area contributed by atoms with Gasteiger partial charge in [-0.1, -0.05) is 12.8 Å². The Hall–Kier alpha value is -1.46. The molecule has 0 aromatic rings. The highest BCUT2D eigenvalue weighted by atomic mass is 19.4. The molecule has 2 fully saturated rings. The van der Waals surface area contributed by atoms with Gasteiger partial charge < -0.3 is 4.90 Å². The molecule has 0 N–H and O–H groups in total. The van der Waals surface area contributed by atoms with Crippen molar-refractivity contribution in [3.05, 3.63) is 0 Å². The van der Waals surface area contributed by atoms with Gasteiger partial charge in [0.25, 0.3) is 0 Å². The van der Waals surface area contributed by atoms with Gasteiger partial charge in [0.2, 0.25) is 5.91 Å². The molecule has 1 aliphatic carbocycles. The standard InChI is InChI=1S/C13H14F6N2O/c14-12(15,16)11(13(17,18)19)5-6-21(8-11)9(22)10(7-20)3-1-2-4-10/h1-6,8H2. The van der Waals surface area contributed by atoms with Crippen LogP contribution in [-0.2, 0) is 4.79 Å². The molecule has 2 rings (SSSR count). The van der Waals surface area contributed by atoms with E-state index in [4.69, 9.17) is 5.26 Å². The molecule has 2 aliphatic rings. The third-order valence-corrected chi connectivity index (χ3v) is 4.72. The molecule has 0 aromatic carbocycles. The van der Waals surface area contributed by atoms with Crippen molar-refractivity contribution in [2.45, 2.75) is 44.5 Å². The number of alkyl halides is 6. The average molecular weight is 328 g/mol. The molecule has 0 atom stereocenters. The second-order valence-electron chi connectivity index (χ2n) is 5.96. The Morgan fingerprint density at radius 1 is 1.00 bits per heavy atom. The molecule has 0 bridgehead atoms. The van der Waals surface area contributed by atoms with Gasteiger partial charge in [0.1, 0.15) is 5.41 Å². The first kappa shape index (κ1) is 16.9. The fourth-order valence-electron chi connectivity index (χ4n) is 3.26. The van der Waals surface area contributed by atoms with Crippen LogP contribution in [0.5, 0.6) is 0 Å². The van der Waals surface area contributed by atoms with E-state index in [1.165, 1.54) is 0 Å². The highest BCUT2D eigenvalue weighted by Gasteiger charge is 2.73. The summed E-state index contributed by atoms with van der Waals surface area (Å²) in [5.74, 6) is -0.900. The molecule has 124 valence electrons. The Kier molecular flexibility index (Phi) is 3.86. The Morgan fingerprint density at radius 2 is 1.50 bits per heavy atom. The van der Waals surface area contributed by atoms with Crippen molar-refractivity contribution in [2.75, 3.05) is 13.1 Å². The number of carbonyl (C=O) groups is 1. The largest absolute Gasteiger partial charge is 0.404 e. The number of hydrogen-bond acceptors (Lipinski definition) is 2. The number of amides is 1. The third kappa shape index (κ3) is 2.32. The van der Waals surface area contributed by atoms with E-state index in [2.05, 4.69) is 0 Å². The Bertz CT molecular complexity index is 484. The van der Waals surface area contributed by atoms with Crippen LogP contribution in [0.1, 0.15) is 32.1 Å². The summed E-state index contributed by atoms with van der Waals surface area (Å²) in [4.78, 5) is 12.9. The van der Waals surface area contributed by atoms with Crippen molar-refractivity contribution >= 4 is 5.91 Å². The maximum atomic E-state index is 13.0. The number of hydrogen-bond donors (Lipinski definition) is 0. The van der Waals surface area contributed by atoms with Crippen LogP contribution in [0.2, 0.25) is 0 Å². The molecule has 1 aliphatic heterocycles. The maximum absolute atomic E-state index is 13.0. The molecule has 1 saturated heterocycles. The smallest absolute Gasteiger partial charge is 0.340 e. The van der Waals surface area contributed by atoms with Crippen molar-refractivity contribution in [1.82, 2.24) is 4.90 Å². The molecular formula is C13H14F6N2O. The summed E-state index contributed by atoms with van der Waals surface area (Å²) < 4.78 is 77.9. The first-order valence-electron chi connectivity index (χ1n) is 6.83. The minimum Gasteiger partial charge on any atom is -0.340 e. The summed E-state index contributed by atoms with van der Waals surface area (Å²) in [7, 11) is 0. The van der Waals surface area contributed by atoms with Gasteiger partial charge in [-0.15, -0.1) is 0 Å². The molecule has 1 saturated carbocycles. The third-order valence-electron chi connectivity index (χ3n) is 4.72. The van der Waals surface area contributed by atoms with Crippen molar-refractivity contribution in [2.24, 2.45) is 10.8 Å². The summed E-state index contributed by atoms with van der Waals surface area (Å²) >= 11 is 0. The predicted octanol–water partition coefficient (Wildman–Crippen LogP) is 3.41. The average Bonchev–Trinajstić information content (AvgIpc) is 3.05.